The van der Waals surface area contributed by atoms with Crippen molar-refractivity contribution in [2.45, 2.75) is 12.2 Å². The number of carbonyl (C=O) groups is 2. The lowest BCUT2D eigenvalue weighted by atomic mass is 10.3. The molecule has 0 aliphatic carbocycles. The number of hydrogen-bond donors (Lipinski definition) is 1. The van der Waals surface area contributed by atoms with Crippen LogP contribution in [0.15, 0.2) is 0 Å². The molecule has 0 bridgehead atoms. The first-order valence-electron chi connectivity index (χ1n) is 6.33. The van der Waals surface area contributed by atoms with E-state index in [1.807, 2.05) is 0 Å². The average molecular weight is 290 g/mol. The molecular weight excluding hydrogens is 268 g/mol. The molecule has 8 heteroatoms. The van der Waals surface area contributed by atoms with Gasteiger partial charge in [0.25, 0.3) is 0 Å². The predicted molar refractivity (Wildman–Crippen MR) is 69.6 cm³/mol. The normalized spacial score (nSPS) is 22.1. The molecule has 2 atom stereocenters. The lowest BCUT2D eigenvalue weighted by Gasteiger charge is -2.26. The summed E-state index contributed by atoms with van der Waals surface area (Å²) in [5.74, 6) is -1.06. The molecule has 116 valence electrons. The summed E-state index contributed by atoms with van der Waals surface area (Å²) in [4.78, 5) is 26.0. The fourth-order valence-electron chi connectivity index (χ4n) is 2.16. The Hall–Kier alpha value is -1.38. The molecule has 1 aliphatic rings. The van der Waals surface area contributed by atoms with E-state index in [0.717, 1.165) is 0 Å². The minimum Gasteiger partial charge on any atom is -0.480 e. The van der Waals surface area contributed by atoms with E-state index in [0.29, 0.717) is 13.1 Å². The van der Waals surface area contributed by atoms with Crippen molar-refractivity contribution >= 4 is 12.0 Å². The first kappa shape index (κ1) is 16.7. The van der Waals surface area contributed by atoms with Gasteiger partial charge in [0.05, 0.1) is 19.7 Å². The van der Waals surface area contributed by atoms with Gasteiger partial charge in [0.2, 0.25) is 0 Å². The van der Waals surface area contributed by atoms with Crippen LogP contribution >= 0.6 is 0 Å². The van der Waals surface area contributed by atoms with Gasteiger partial charge in [0, 0.05) is 27.9 Å². The van der Waals surface area contributed by atoms with Crippen LogP contribution < -0.4 is 0 Å². The van der Waals surface area contributed by atoms with E-state index in [1.54, 1.807) is 19.1 Å². The smallest absolute Gasteiger partial charge is 0.323 e. The Kier molecular flexibility index (Phi) is 6.69. The number of rotatable bonds is 7. The first-order valence-corrected chi connectivity index (χ1v) is 6.33. The topological polar surface area (TPSA) is 88.5 Å². The summed E-state index contributed by atoms with van der Waals surface area (Å²) in [6.07, 6.45) is -0.392. The molecule has 1 rings (SSSR count). The highest BCUT2D eigenvalue weighted by molar-refractivity contribution is 5.80. The number of methoxy groups -OCH3 is 3. The van der Waals surface area contributed by atoms with Gasteiger partial charge in [0.15, 0.2) is 0 Å². The van der Waals surface area contributed by atoms with Gasteiger partial charge in [-0.15, -0.1) is 0 Å². The Balaban J connectivity index is 2.66. The minimum atomic E-state index is -1.06. The highest BCUT2D eigenvalue weighted by atomic mass is 16.5. The maximum atomic E-state index is 12.3. The monoisotopic (exact) mass is 290 g/mol. The van der Waals surface area contributed by atoms with Gasteiger partial charge in [0.1, 0.15) is 18.8 Å². The number of likely N-dealkylation sites (tertiary alicyclic amines) is 1. The third kappa shape index (κ3) is 4.32. The standard InChI is InChI=1S/C12H22N2O6/c1-18-5-4-13(8-11(15)16)12(17)14-6-9(19-2)10(7-14)20-3/h9-10H,4-8H2,1-3H3,(H,15,16). The second-order valence-electron chi connectivity index (χ2n) is 4.54. The number of carboxylic acid groups (broad SMARTS) is 1. The average Bonchev–Trinajstić information content (AvgIpc) is 2.85. The Bertz CT molecular complexity index is 326. The molecule has 0 saturated carbocycles. The van der Waals surface area contributed by atoms with E-state index >= 15 is 0 Å². The Morgan fingerprint density at radius 1 is 1.20 bits per heavy atom. The van der Waals surface area contributed by atoms with E-state index in [4.69, 9.17) is 19.3 Å². The zero-order valence-electron chi connectivity index (χ0n) is 12.1. The highest BCUT2D eigenvalue weighted by Gasteiger charge is 2.37. The molecule has 0 radical (unpaired) electrons. The van der Waals surface area contributed by atoms with Gasteiger partial charge in [-0.2, -0.15) is 0 Å². The number of amides is 2. The molecule has 1 N–H and O–H groups in total. The van der Waals surface area contributed by atoms with Gasteiger partial charge >= 0.3 is 12.0 Å². The van der Waals surface area contributed by atoms with Crippen molar-refractivity contribution in [2.24, 2.45) is 0 Å². The Labute approximate surface area is 118 Å². The molecule has 0 aromatic heterocycles. The molecule has 8 nitrogen and oxygen atoms in total. The molecule has 1 aliphatic heterocycles. The summed E-state index contributed by atoms with van der Waals surface area (Å²) in [5, 5.41) is 8.87. The predicted octanol–water partition coefficient (Wildman–Crippen LogP) is -0.515. The van der Waals surface area contributed by atoms with Crippen LogP contribution in [0.2, 0.25) is 0 Å². The van der Waals surface area contributed by atoms with Crippen LogP contribution in [0.5, 0.6) is 0 Å². The molecule has 2 unspecified atom stereocenters. The summed E-state index contributed by atoms with van der Waals surface area (Å²) in [5.41, 5.74) is 0. The Morgan fingerprint density at radius 2 is 1.75 bits per heavy atom. The molecule has 0 aromatic rings. The second-order valence-corrected chi connectivity index (χ2v) is 4.54. The number of nitrogens with zero attached hydrogens (tertiary/aromatic N) is 2. The van der Waals surface area contributed by atoms with E-state index in [2.05, 4.69) is 0 Å². The number of ether oxygens (including phenoxy) is 3. The molecule has 1 saturated heterocycles. The van der Waals surface area contributed by atoms with E-state index in [9.17, 15) is 9.59 Å². The summed E-state index contributed by atoms with van der Waals surface area (Å²) >= 11 is 0. The molecule has 20 heavy (non-hydrogen) atoms. The van der Waals surface area contributed by atoms with Gasteiger partial charge in [-0.3, -0.25) is 4.79 Å². The van der Waals surface area contributed by atoms with Crippen molar-refractivity contribution in [3.63, 3.8) is 0 Å². The lowest BCUT2D eigenvalue weighted by molar-refractivity contribution is -0.137. The van der Waals surface area contributed by atoms with Crippen LogP contribution in [-0.4, -0.2) is 93.2 Å². The minimum absolute atomic E-state index is 0.196. The third-order valence-electron chi connectivity index (χ3n) is 3.25. The molecule has 1 heterocycles. The van der Waals surface area contributed by atoms with Crippen LogP contribution in [-0.2, 0) is 19.0 Å². The van der Waals surface area contributed by atoms with Crippen LogP contribution in [0, 0.1) is 0 Å². The Morgan fingerprint density at radius 3 is 2.15 bits per heavy atom. The molecule has 0 aromatic carbocycles. The van der Waals surface area contributed by atoms with Gasteiger partial charge in [-0.05, 0) is 0 Å². The third-order valence-corrected chi connectivity index (χ3v) is 3.25. The van der Waals surface area contributed by atoms with Crippen LogP contribution in [0.3, 0.4) is 0 Å². The first-order chi connectivity index (χ1) is 9.53. The number of carbonyl (C=O) groups excluding carboxylic acids is 1. The molecule has 2 amide bonds. The van der Waals surface area contributed by atoms with E-state index in [-0.39, 0.29) is 37.9 Å². The van der Waals surface area contributed by atoms with Crippen molar-refractivity contribution in [3.8, 4) is 0 Å². The summed E-state index contributed by atoms with van der Waals surface area (Å²) in [7, 11) is 4.62. The van der Waals surface area contributed by atoms with Crippen LogP contribution in [0.1, 0.15) is 0 Å². The number of urea groups is 1. The molecule has 0 spiro atoms. The van der Waals surface area contributed by atoms with Gasteiger partial charge in [-0.25, -0.2) is 4.79 Å². The zero-order chi connectivity index (χ0) is 15.1. The van der Waals surface area contributed by atoms with Crippen molar-refractivity contribution in [3.05, 3.63) is 0 Å². The van der Waals surface area contributed by atoms with Gasteiger partial charge < -0.3 is 29.1 Å². The summed E-state index contributed by atoms with van der Waals surface area (Å²) < 4.78 is 15.4. The number of carboxylic acids is 1. The fourth-order valence-corrected chi connectivity index (χ4v) is 2.16. The quantitative estimate of drug-likeness (QED) is 0.679. The van der Waals surface area contributed by atoms with Crippen molar-refractivity contribution in [1.82, 2.24) is 9.80 Å². The van der Waals surface area contributed by atoms with Crippen LogP contribution in [0.4, 0.5) is 4.79 Å². The van der Waals surface area contributed by atoms with Crippen molar-refractivity contribution in [2.75, 3.05) is 54.1 Å². The van der Waals surface area contributed by atoms with Crippen molar-refractivity contribution < 1.29 is 28.9 Å². The van der Waals surface area contributed by atoms with E-state index in [1.165, 1.54) is 12.0 Å². The summed E-state index contributed by atoms with van der Waals surface area (Å²) in [6, 6.07) is -0.342. The second kappa shape index (κ2) is 8.03. The molecular formula is C12H22N2O6. The fraction of sp³-hybridized carbons (Fsp3) is 0.833. The number of aliphatic carboxylic acids is 1. The maximum Gasteiger partial charge on any atom is 0.323 e. The SMILES string of the molecule is COCCN(CC(=O)O)C(=O)N1CC(OC)C(OC)C1. The largest absolute Gasteiger partial charge is 0.480 e. The van der Waals surface area contributed by atoms with Crippen LogP contribution in [0.25, 0.3) is 0 Å². The zero-order valence-corrected chi connectivity index (χ0v) is 12.1. The number of hydrogen-bond acceptors (Lipinski definition) is 5. The van der Waals surface area contributed by atoms with Crippen molar-refractivity contribution in [1.29, 1.82) is 0 Å². The van der Waals surface area contributed by atoms with Gasteiger partial charge in [-0.1, -0.05) is 0 Å². The highest BCUT2D eigenvalue weighted by Crippen LogP contribution is 2.17. The van der Waals surface area contributed by atoms with E-state index < -0.39 is 5.97 Å². The summed E-state index contributed by atoms with van der Waals surface area (Å²) in [6.45, 7) is 0.934. The maximum absolute atomic E-state index is 12.3. The molecule has 1 fully saturated rings. The lowest BCUT2D eigenvalue weighted by Crippen LogP contribution is -2.46.